The second kappa shape index (κ2) is 5.98. The Balaban J connectivity index is 1.89. The first-order valence-electron chi connectivity index (χ1n) is 6.58. The monoisotopic (exact) mass is 349 g/mol. The average molecular weight is 350 g/mol. The lowest BCUT2D eigenvalue weighted by Gasteiger charge is -2.18. The highest BCUT2D eigenvalue weighted by Gasteiger charge is 2.13. The highest BCUT2D eigenvalue weighted by Crippen LogP contribution is 2.24. The SMILES string of the molecule is CN(Cc1nc2ccsc2c(=O)[nH]1)c1ncc(C(N)=O)cc1Cl. The minimum absolute atomic E-state index is 0.170. The molecule has 0 fully saturated rings. The summed E-state index contributed by atoms with van der Waals surface area (Å²) in [6, 6.07) is 3.26. The Kier molecular flexibility index (Phi) is 4.01. The molecule has 0 atom stereocenters. The molecule has 0 aliphatic heterocycles. The van der Waals surface area contributed by atoms with E-state index in [9.17, 15) is 9.59 Å². The van der Waals surface area contributed by atoms with Crippen LogP contribution in [0.25, 0.3) is 10.2 Å². The van der Waals surface area contributed by atoms with Crippen LogP contribution in [0.3, 0.4) is 0 Å². The maximum atomic E-state index is 12.0. The summed E-state index contributed by atoms with van der Waals surface area (Å²) in [5.74, 6) is 0.368. The van der Waals surface area contributed by atoms with Crippen molar-refractivity contribution in [2.75, 3.05) is 11.9 Å². The molecule has 9 heteroatoms. The number of rotatable bonds is 4. The van der Waals surface area contributed by atoms with Crippen LogP contribution in [0.4, 0.5) is 5.82 Å². The van der Waals surface area contributed by atoms with Crippen molar-refractivity contribution in [2.24, 2.45) is 5.73 Å². The van der Waals surface area contributed by atoms with Gasteiger partial charge in [-0.05, 0) is 17.5 Å². The van der Waals surface area contributed by atoms with E-state index in [4.69, 9.17) is 17.3 Å². The lowest BCUT2D eigenvalue weighted by molar-refractivity contribution is 0.1000. The lowest BCUT2D eigenvalue weighted by Crippen LogP contribution is -2.22. The number of anilines is 1. The summed E-state index contributed by atoms with van der Waals surface area (Å²) in [6.45, 7) is 0.309. The van der Waals surface area contributed by atoms with Crippen LogP contribution < -0.4 is 16.2 Å². The van der Waals surface area contributed by atoms with Gasteiger partial charge in [0.05, 0.1) is 22.6 Å². The van der Waals surface area contributed by atoms with Crippen LogP contribution in [0, 0.1) is 0 Å². The van der Waals surface area contributed by atoms with E-state index in [0.29, 0.717) is 33.4 Å². The van der Waals surface area contributed by atoms with E-state index < -0.39 is 5.91 Å². The van der Waals surface area contributed by atoms with Gasteiger partial charge in [-0.3, -0.25) is 9.59 Å². The summed E-state index contributed by atoms with van der Waals surface area (Å²) < 4.78 is 0.596. The normalized spacial score (nSPS) is 10.9. The Morgan fingerprint density at radius 1 is 1.52 bits per heavy atom. The van der Waals surface area contributed by atoms with Crippen molar-refractivity contribution in [3.8, 4) is 0 Å². The zero-order chi connectivity index (χ0) is 16.6. The standard InChI is InChI=1S/C14H12ClN5O2S/c1-20(13-8(15)4-7(5-17-13)12(16)21)6-10-18-9-2-3-23-11(9)14(22)19-10/h2-5H,6H2,1H3,(H2,16,21)(H,18,19,22). The molecule has 0 unspecified atom stereocenters. The third-order valence-electron chi connectivity index (χ3n) is 3.22. The van der Waals surface area contributed by atoms with Crippen LogP contribution >= 0.6 is 22.9 Å². The zero-order valence-electron chi connectivity index (χ0n) is 12.0. The van der Waals surface area contributed by atoms with E-state index in [0.717, 1.165) is 0 Å². The molecule has 3 aromatic rings. The van der Waals surface area contributed by atoms with Crippen LogP contribution in [0.5, 0.6) is 0 Å². The highest BCUT2D eigenvalue weighted by molar-refractivity contribution is 7.17. The predicted octanol–water partition coefficient (Wildman–Crippen LogP) is 1.77. The average Bonchev–Trinajstić information content (AvgIpc) is 2.95. The van der Waals surface area contributed by atoms with Gasteiger partial charge < -0.3 is 15.6 Å². The first-order chi connectivity index (χ1) is 11.0. The number of primary amides is 1. The number of hydrogen-bond acceptors (Lipinski definition) is 6. The molecule has 3 heterocycles. The van der Waals surface area contributed by atoms with Crippen molar-refractivity contribution in [1.82, 2.24) is 15.0 Å². The Bertz CT molecular complexity index is 952. The van der Waals surface area contributed by atoms with E-state index in [2.05, 4.69) is 15.0 Å². The van der Waals surface area contributed by atoms with Gasteiger partial charge in [0, 0.05) is 13.2 Å². The number of halogens is 1. The first-order valence-corrected chi connectivity index (χ1v) is 7.84. The van der Waals surface area contributed by atoms with Crippen LogP contribution in [-0.4, -0.2) is 27.9 Å². The van der Waals surface area contributed by atoms with Gasteiger partial charge in [-0.25, -0.2) is 9.97 Å². The van der Waals surface area contributed by atoms with Gasteiger partial charge in [-0.2, -0.15) is 0 Å². The summed E-state index contributed by atoms with van der Waals surface area (Å²) in [6.07, 6.45) is 1.36. The van der Waals surface area contributed by atoms with Crippen molar-refractivity contribution in [1.29, 1.82) is 0 Å². The number of fused-ring (bicyclic) bond motifs is 1. The van der Waals surface area contributed by atoms with Crippen molar-refractivity contribution >= 4 is 44.9 Å². The molecule has 0 radical (unpaired) electrons. The summed E-state index contributed by atoms with van der Waals surface area (Å²) in [4.78, 5) is 36.1. The molecule has 3 N–H and O–H groups in total. The Morgan fingerprint density at radius 2 is 2.30 bits per heavy atom. The molecule has 3 aromatic heterocycles. The number of pyridine rings is 1. The summed E-state index contributed by atoms with van der Waals surface area (Å²) in [7, 11) is 1.76. The molecule has 0 aliphatic carbocycles. The van der Waals surface area contributed by atoms with Crippen LogP contribution in [0.1, 0.15) is 16.2 Å². The number of nitrogens with one attached hydrogen (secondary N) is 1. The van der Waals surface area contributed by atoms with Crippen LogP contribution in [0.2, 0.25) is 5.02 Å². The van der Waals surface area contributed by atoms with Gasteiger partial charge >= 0.3 is 0 Å². The summed E-state index contributed by atoms with van der Waals surface area (Å²) >= 11 is 7.49. The van der Waals surface area contributed by atoms with Crippen molar-refractivity contribution in [3.05, 3.63) is 50.5 Å². The Hall–Kier alpha value is -2.45. The molecule has 7 nitrogen and oxygen atoms in total. The molecule has 0 aliphatic rings. The third-order valence-corrected chi connectivity index (χ3v) is 4.40. The van der Waals surface area contributed by atoms with Gasteiger partial charge in [0.2, 0.25) is 5.91 Å². The molecule has 0 saturated heterocycles. The fraction of sp³-hybridized carbons (Fsp3) is 0.143. The van der Waals surface area contributed by atoms with Crippen molar-refractivity contribution in [2.45, 2.75) is 6.54 Å². The molecule has 0 aromatic carbocycles. The maximum absolute atomic E-state index is 12.0. The van der Waals surface area contributed by atoms with Gasteiger partial charge in [0.25, 0.3) is 5.56 Å². The summed E-state index contributed by atoms with van der Waals surface area (Å²) in [5.41, 5.74) is 5.91. The number of hydrogen-bond donors (Lipinski definition) is 2. The number of amides is 1. The minimum atomic E-state index is -0.595. The Labute approximate surface area is 139 Å². The second-order valence-corrected chi connectivity index (χ2v) is 6.22. The fourth-order valence-electron chi connectivity index (χ4n) is 2.14. The second-order valence-electron chi connectivity index (χ2n) is 4.90. The number of aromatic nitrogens is 3. The number of carbonyl (C=O) groups excluding carboxylic acids is 1. The quantitative estimate of drug-likeness (QED) is 0.746. The van der Waals surface area contributed by atoms with E-state index >= 15 is 0 Å². The molecule has 0 spiro atoms. The van der Waals surface area contributed by atoms with Gasteiger partial charge in [-0.15, -0.1) is 11.3 Å². The van der Waals surface area contributed by atoms with E-state index in [1.54, 1.807) is 18.0 Å². The Morgan fingerprint density at radius 3 is 3.00 bits per heavy atom. The van der Waals surface area contributed by atoms with Crippen molar-refractivity contribution in [3.63, 3.8) is 0 Å². The number of H-pyrrole nitrogens is 1. The highest BCUT2D eigenvalue weighted by atomic mass is 35.5. The van der Waals surface area contributed by atoms with Crippen molar-refractivity contribution < 1.29 is 4.79 Å². The molecule has 0 saturated carbocycles. The molecular formula is C14H12ClN5O2S. The zero-order valence-corrected chi connectivity index (χ0v) is 13.6. The van der Waals surface area contributed by atoms with Crippen LogP contribution in [0.15, 0.2) is 28.5 Å². The van der Waals surface area contributed by atoms with Gasteiger partial charge in [0.15, 0.2) is 0 Å². The van der Waals surface area contributed by atoms with E-state index in [1.807, 2.05) is 5.38 Å². The topological polar surface area (TPSA) is 105 Å². The number of carbonyl (C=O) groups is 1. The lowest BCUT2D eigenvalue weighted by atomic mass is 10.2. The first kappa shape index (κ1) is 15.4. The molecule has 0 bridgehead atoms. The maximum Gasteiger partial charge on any atom is 0.268 e. The van der Waals surface area contributed by atoms with E-state index in [-0.39, 0.29) is 11.1 Å². The molecule has 23 heavy (non-hydrogen) atoms. The van der Waals surface area contributed by atoms with E-state index in [1.165, 1.54) is 23.6 Å². The number of nitrogens with two attached hydrogens (primary N) is 1. The van der Waals surface area contributed by atoms with Crippen LogP contribution in [-0.2, 0) is 6.54 Å². The minimum Gasteiger partial charge on any atom is -0.366 e. The molecule has 1 amide bonds. The summed E-state index contributed by atoms with van der Waals surface area (Å²) in [5, 5.41) is 2.12. The predicted molar refractivity (Wildman–Crippen MR) is 90.1 cm³/mol. The molecule has 118 valence electrons. The number of nitrogens with zero attached hydrogens (tertiary/aromatic N) is 3. The molecule has 3 rings (SSSR count). The number of thiophene rings is 1. The third kappa shape index (κ3) is 3.03. The largest absolute Gasteiger partial charge is 0.366 e. The fourth-order valence-corrected chi connectivity index (χ4v) is 3.18. The smallest absolute Gasteiger partial charge is 0.268 e. The van der Waals surface area contributed by atoms with Gasteiger partial charge in [-0.1, -0.05) is 11.6 Å². The molecular weight excluding hydrogens is 338 g/mol. The van der Waals surface area contributed by atoms with Gasteiger partial charge in [0.1, 0.15) is 16.3 Å². The number of aromatic amines is 1.